The SMILES string of the molecule is Cn1ccc(OCc2c(N)cccc2Br)n1. The number of nitrogens with zero attached hydrogens (tertiary/aromatic N) is 2. The number of aryl methyl sites for hydroxylation is 1. The van der Waals surface area contributed by atoms with Crippen LogP contribution in [-0.4, -0.2) is 9.78 Å². The lowest BCUT2D eigenvalue weighted by Crippen LogP contribution is -2.01. The molecule has 0 aliphatic rings. The molecule has 0 fully saturated rings. The van der Waals surface area contributed by atoms with E-state index >= 15 is 0 Å². The highest BCUT2D eigenvalue weighted by molar-refractivity contribution is 9.10. The van der Waals surface area contributed by atoms with Gasteiger partial charge < -0.3 is 10.5 Å². The van der Waals surface area contributed by atoms with E-state index in [0.717, 1.165) is 10.0 Å². The fraction of sp³-hybridized carbons (Fsp3) is 0.182. The Bertz CT molecular complexity index is 475. The largest absolute Gasteiger partial charge is 0.472 e. The number of benzene rings is 1. The van der Waals surface area contributed by atoms with Crippen molar-refractivity contribution in [2.24, 2.45) is 7.05 Å². The van der Waals surface area contributed by atoms with Crippen LogP contribution in [-0.2, 0) is 13.7 Å². The quantitative estimate of drug-likeness (QED) is 0.879. The van der Waals surface area contributed by atoms with Crippen molar-refractivity contribution in [1.29, 1.82) is 0 Å². The minimum Gasteiger partial charge on any atom is -0.472 e. The van der Waals surface area contributed by atoms with E-state index in [4.69, 9.17) is 10.5 Å². The van der Waals surface area contributed by atoms with E-state index in [1.807, 2.05) is 37.5 Å². The Hall–Kier alpha value is -1.49. The predicted molar refractivity (Wildman–Crippen MR) is 66.1 cm³/mol. The summed E-state index contributed by atoms with van der Waals surface area (Å²) < 4.78 is 8.17. The van der Waals surface area contributed by atoms with Crippen molar-refractivity contribution in [3.63, 3.8) is 0 Å². The molecule has 0 amide bonds. The van der Waals surface area contributed by atoms with Crippen LogP contribution in [0.4, 0.5) is 5.69 Å². The smallest absolute Gasteiger partial charge is 0.233 e. The molecule has 5 heteroatoms. The minimum atomic E-state index is 0.407. The first kappa shape index (κ1) is 11.0. The number of aromatic nitrogens is 2. The highest BCUT2D eigenvalue weighted by atomic mass is 79.9. The fourth-order valence-corrected chi connectivity index (χ4v) is 1.84. The summed E-state index contributed by atoms with van der Waals surface area (Å²) in [6, 6.07) is 7.49. The first-order valence-corrected chi connectivity index (χ1v) is 5.61. The Morgan fingerprint density at radius 3 is 2.88 bits per heavy atom. The molecule has 1 heterocycles. The second-order valence-corrected chi connectivity index (χ2v) is 4.28. The second kappa shape index (κ2) is 4.57. The summed E-state index contributed by atoms with van der Waals surface area (Å²) in [6.45, 7) is 0.407. The third-order valence-electron chi connectivity index (χ3n) is 2.21. The van der Waals surface area contributed by atoms with Crippen LogP contribution in [0, 0.1) is 0 Å². The molecule has 0 spiro atoms. The van der Waals surface area contributed by atoms with Crippen molar-refractivity contribution in [3.8, 4) is 5.88 Å². The van der Waals surface area contributed by atoms with Gasteiger partial charge in [-0.05, 0) is 12.1 Å². The number of anilines is 1. The predicted octanol–water partition coefficient (Wildman–Crippen LogP) is 2.34. The van der Waals surface area contributed by atoms with Crippen molar-refractivity contribution in [1.82, 2.24) is 9.78 Å². The summed E-state index contributed by atoms with van der Waals surface area (Å²) in [4.78, 5) is 0. The molecule has 0 saturated carbocycles. The molecule has 4 nitrogen and oxygen atoms in total. The molecule has 2 rings (SSSR count). The number of halogens is 1. The highest BCUT2D eigenvalue weighted by Gasteiger charge is 2.05. The zero-order chi connectivity index (χ0) is 11.5. The van der Waals surface area contributed by atoms with Gasteiger partial charge in [0.25, 0.3) is 0 Å². The third-order valence-corrected chi connectivity index (χ3v) is 2.95. The molecule has 0 aliphatic heterocycles. The van der Waals surface area contributed by atoms with Crippen LogP contribution in [0.3, 0.4) is 0 Å². The zero-order valence-electron chi connectivity index (χ0n) is 8.85. The van der Waals surface area contributed by atoms with Gasteiger partial charge in [-0.15, -0.1) is 5.10 Å². The van der Waals surface area contributed by atoms with Crippen LogP contribution >= 0.6 is 15.9 Å². The van der Waals surface area contributed by atoms with E-state index in [1.54, 1.807) is 4.68 Å². The molecule has 16 heavy (non-hydrogen) atoms. The molecular weight excluding hydrogens is 270 g/mol. The number of hydrogen-bond donors (Lipinski definition) is 1. The van der Waals surface area contributed by atoms with Gasteiger partial charge in [0.05, 0.1) is 0 Å². The topological polar surface area (TPSA) is 53.1 Å². The van der Waals surface area contributed by atoms with Gasteiger partial charge in [0.2, 0.25) is 5.88 Å². The lowest BCUT2D eigenvalue weighted by atomic mass is 10.2. The van der Waals surface area contributed by atoms with Crippen LogP contribution in [0.1, 0.15) is 5.56 Å². The van der Waals surface area contributed by atoms with Gasteiger partial charge >= 0.3 is 0 Å². The van der Waals surface area contributed by atoms with Gasteiger partial charge in [0.15, 0.2) is 0 Å². The Balaban J connectivity index is 2.10. The van der Waals surface area contributed by atoms with Crippen molar-refractivity contribution >= 4 is 21.6 Å². The monoisotopic (exact) mass is 281 g/mol. The van der Waals surface area contributed by atoms with Crippen LogP contribution in [0.25, 0.3) is 0 Å². The standard InChI is InChI=1S/C11H12BrN3O/c1-15-6-5-11(14-15)16-7-8-9(12)3-2-4-10(8)13/h2-6H,7,13H2,1H3. The first-order chi connectivity index (χ1) is 7.66. The Morgan fingerprint density at radius 1 is 1.44 bits per heavy atom. The van der Waals surface area contributed by atoms with E-state index in [2.05, 4.69) is 21.0 Å². The summed E-state index contributed by atoms with van der Waals surface area (Å²) in [6.07, 6.45) is 1.83. The maximum Gasteiger partial charge on any atom is 0.233 e. The Kier molecular flexibility index (Phi) is 3.14. The van der Waals surface area contributed by atoms with Crippen LogP contribution in [0.2, 0.25) is 0 Å². The number of ether oxygens (including phenoxy) is 1. The van der Waals surface area contributed by atoms with E-state index in [9.17, 15) is 0 Å². The van der Waals surface area contributed by atoms with Crippen molar-refractivity contribution in [2.75, 3.05) is 5.73 Å². The van der Waals surface area contributed by atoms with E-state index in [-0.39, 0.29) is 0 Å². The maximum atomic E-state index is 5.86. The van der Waals surface area contributed by atoms with Crippen LogP contribution < -0.4 is 10.5 Å². The summed E-state index contributed by atoms with van der Waals surface area (Å²) in [5.41, 5.74) is 7.51. The molecule has 0 bridgehead atoms. The molecule has 0 unspecified atom stereocenters. The summed E-state index contributed by atoms with van der Waals surface area (Å²) in [5.74, 6) is 0.595. The normalized spacial score (nSPS) is 10.4. The number of nitrogens with two attached hydrogens (primary N) is 1. The molecule has 0 radical (unpaired) electrons. The average molecular weight is 282 g/mol. The molecule has 0 aliphatic carbocycles. The summed E-state index contributed by atoms with van der Waals surface area (Å²) in [5, 5.41) is 4.12. The van der Waals surface area contributed by atoms with Gasteiger partial charge in [-0.1, -0.05) is 22.0 Å². The number of hydrogen-bond acceptors (Lipinski definition) is 3. The lowest BCUT2D eigenvalue weighted by Gasteiger charge is -2.08. The molecule has 84 valence electrons. The molecule has 0 saturated heterocycles. The summed E-state index contributed by atoms with van der Waals surface area (Å²) >= 11 is 3.44. The van der Waals surface area contributed by atoms with Crippen molar-refractivity contribution in [2.45, 2.75) is 6.61 Å². The maximum absolute atomic E-state index is 5.86. The molecule has 2 N–H and O–H groups in total. The Morgan fingerprint density at radius 2 is 2.25 bits per heavy atom. The molecule has 0 atom stereocenters. The highest BCUT2D eigenvalue weighted by Crippen LogP contribution is 2.23. The molecule has 2 aromatic rings. The molecular formula is C11H12BrN3O. The van der Waals surface area contributed by atoms with E-state index in [0.29, 0.717) is 18.2 Å². The lowest BCUT2D eigenvalue weighted by molar-refractivity contribution is 0.291. The number of rotatable bonds is 3. The van der Waals surface area contributed by atoms with Crippen LogP contribution in [0.15, 0.2) is 34.9 Å². The molecule has 1 aromatic heterocycles. The fourth-order valence-electron chi connectivity index (χ4n) is 1.34. The van der Waals surface area contributed by atoms with Gasteiger partial charge in [0.1, 0.15) is 6.61 Å². The zero-order valence-corrected chi connectivity index (χ0v) is 10.4. The number of nitrogen functional groups attached to an aromatic ring is 1. The van der Waals surface area contributed by atoms with Gasteiger partial charge in [-0.3, -0.25) is 4.68 Å². The minimum absolute atomic E-state index is 0.407. The van der Waals surface area contributed by atoms with Gasteiger partial charge in [-0.25, -0.2) is 0 Å². The molecule has 1 aromatic carbocycles. The first-order valence-electron chi connectivity index (χ1n) is 4.82. The van der Waals surface area contributed by atoms with Gasteiger partial charge in [0, 0.05) is 35.0 Å². The van der Waals surface area contributed by atoms with Crippen LogP contribution in [0.5, 0.6) is 5.88 Å². The third kappa shape index (κ3) is 2.36. The Labute approximate surface area is 102 Å². The average Bonchev–Trinajstić information content (AvgIpc) is 2.63. The van der Waals surface area contributed by atoms with Crippen molar-refractivity contribution in [3.05, 3.63) is 40.5 Å². The van der Waals surface area contributed by atoms with E-state index in [1.165, 1.54) is 0 Å². The van der Waals surface area contributed by atoms with E-state index < -0.39 is 0 Å². The van der Waals surface area contributed by atoms with Crippen molar-refractivity contribution < 1.29 is 4.74 Å². The summed E-state index contributed by atoms with van der Waals surface area (Å²) in [7, 11) is 1.85. The second-order valence-electron chi connectivity index (χ2n) is 3.42. The van der Waals surface area contributed by atoms with Gasteiger partial charge in [-0.2, -0.15) is 0 Å².